The summed E-state index contributed by atoms with van der Waals surface area (Å²) in [6.45, 7) is 1.52. The first-order chi connectivity index (χ1) is 8.83. The van der Waals surface area contributed by atoms with Crippen molar-refractivity contribution in [3.63, 3.8) is 0 Å². The number of methoxy groups -OCH3 is 1. The zero-order valence-electron chi connectivity index (χ0n) is 10.9. The molecule has 0 saturated carbocycles. The molecule has 2 rings (SSSR count). The van der Waals surface area contributed by atoms with Gasteiger partial charge in [0.05, 0.1) is 25.0 Å². The van der Waals surface area contributed by atoms with Gasteiger partial charge in [-0.15, -0.1) is 0 Å². The Morgan fingerprint density at radius 1 is 1.28 bits per heavy atom. The maximum Gasteiger partial charge on any atom is 0.120 e. The van der Waals surface area contributed by atoms with Gasteiger partial charge in [0.2, 0.25) is 0 Å². The Kier molecular flexibility index (Phi) is 4.50. The van der Waals surface area contributed by atoms with E-state index in [0.717, 1.165) is 36.7 Å². The zero-order valence-corrected chi connectivity index (χ0v) is 10.9. The van der Waals surface area contributed by atoms with Gasteiger partial charge in [-0.1, -0.05) is 24.3 Å². The highest BCUT2D eigenvalue weighted by molar-refractivity contribution is 5.58. The van der Waals surface area contributed by atoms with Gasteiger partial charge in [-0.05, 0) is 24.6 Å². The van der Waals surface area contributed by atoms with Crippen molar-refractivity contribution in [2.45, 2.75) is 13.0 Å². The lowest BCUT2D eigenvalue weighted by Crippen LogP contribution is -2.06. The summed E-state index contributed by atoms with van der Waals surface area (Å²) in [7, 11) is 3.63. The Hall–Kier alpha value is -1.65. The lowest BCUT2D eigenvalue weighted by molar-refractivity contribution is 0.202. The Morgan fingerprint density at radius 3 is 2.72 bits per heavy atom. The average Bonchev–Trinajstić information content (AvgIpc) is 2.86. The predicted octanol–water partition coefficient (Wildman–Crippen LogP) is 1.98. The second kappa shape index (κ2) is 6.33. The molecule has 1 aromatic heterocycles. The molecule has 0 atom stereocenters. The summed E-state index contributed by atoms with van der Waals surface area (Å²) in [4.78, 5) is 7.61. The number of benzene rings is 1. The van der Waals surface area contributed by atoms with Crippen LogP contribution >= 0.6 is 0 Å². The number of imidazole rings is 1. The zero-order chi connectivity index (χ0) is 12.8. The number of ether oxygens (including phenoxy) is 1. The molecule has 1 heterocycles. The van der Waals surface area contributed by atoms with E-state index in [2.05, 4.69) is 39.6 Å². The largest absolute Gasteiger partial charge is 0.384 e. The molecule has 0 spiro atoms. The van der Waals surface area contributed by atoms with E-state index < -0.39 is 0 Å². The molecule has 1 aromatic carbocycles. The van der Waals surface area contributed by atoms with Crippen LogP contribution in [0.2, 0.25) is 0 Å². The quantitative estimate of drug-likeness (QED) is 0.818. The van der Waals surface area contributed by atoms with Crippen LogP contribution < -0.4 is 5.32 Å². The van der Waals surface area contributed by atoms with Gasteiger partial charge < -0.3 is 15.0 Å². The topological polar surface area (TPSA) is 49.9 Å². The van der Waals surface area contributed by atoms with Crippen molar-refractivity contribution < 1.29 is 4.74 Å². The van der Waals surface area contributed by atoms with Gasteiger partial charge in [-0.3, -0.25) is 0 Å². The average molecular weight is 245 g/mol. The molecule has 4 heteroatoms. The van der Waals surface area contributed by atoms with Crippen molar-refractivity contribution >= 4 is 0 Å². The van der Waals surface area contributed by atoms with Crippen LogP contribution in [0.25, 0.3) is 11.3 Å². The van der Waals surface area contributed by atoms with E-state index in [1.165, 1.54) is 5.56 Å². The summed E-state index contributed by atoms with van der Waals surface area (Å²) in [6.07, 6.45) is 2.82. The van der Waals surface area contributed by atoms with Crippen molar-refractivity contribution in [2.24, 2.45) is 0 Å². The van der Waals surface area contributed by atoms with Gasteiger partial charge in [0.25, 0.3) is 0 Å². The Morgan fingerprint density at radius 2 is 2.06 bits per heavy atom. The van der Waals surface area contributed by atoms with Crippen LogP contribution in [0, 0.1) is 0 Å². The molecule has 0 bridgehead atoms. The fourth-order valence-electron chi connectivity index (χ4n) is 1.84. The van der Waals surface area contributed by atoms with Crippen LogP contribution in [0.3, 0.4) is 0 Å². The molecule has 18 heavy (non-hydrogen) atoms. The standard InChI is InChI=1S/C14H19N3O/c1-15-10-14-16-9-13(17-14)12-5-3-11(4-6-12)7-8-18-2/h3-6,9,15H,7-8,10H2,1-2H3,(H,16,17). The summed E-state index contributed by atoms with van der Waals surface area (Å²) in [5, 5.41) is 3.07. The van der Waals surface area contributed by atoms with E-state index in [0.29, 0.717) is 0 Å². The first kappa shape index (κ1) is 12.8. The number of nitrogens with one attached hydrogen (secondary N) is 2. The summed E-state index contributed by atoms with van der Waals surface area (Å²) >= 11 is 0. The van der Waals surface area contributed by atoms with Crippen LogP contribution in [-0.2, 0) is 17.7 Å². The summed E-state index contributed by atoms with van der Waals surface area (Å²) < 4.78 is 5.07. The lowest BCUT2D eigenvalue weighted by atomic mass is 10.1. The van der Waals surface area contributed by atoms with E-state index in [1.54, 1.807) is 7.11 Å². The van der Waals surface area contributed by atoms with E-state index in [-0.39, 0.29) is 0 Å². The molecule has 2 aromatic rings. The number of H-pyrrole nitrogens is 1. The van der Waals surface area contributed by atoms with Gasteiger partial charge in [-0.2, -0.15) is 0 Å². The lowest BCUT2D eigenvalue weighted by Gasteiger charge is -2.02. The van der Waals surface area contributed by atoms with Gasteiger partial charge >= 0.3 is 0 Å². The van der Waals surface area contributed by atoms with Crippen molar-refractivity contribution in [1.82, 2.24) is 15.3 Å². The van der Waals surface area contributed by atoms with Crippen LogP contribution in [0.1, 0.15) is 11.4 Å². The number of hydrogen-bond acceptors (Lipinski definition) is 3. The minimum atomic E-state index is 0.756. The molecule has 0 amide bonds. The van der Waals surface area contributed by atoms with E-state index in [4.69, 9.17) is 4.74 Å². The number of aromatic amines is 1. The van der Waals surface area contributed by atoms with Gasteiger partial charge in [0.15, 0.2) is 0 Å². The summed E-state index contributed by atoms with van der Waals surface area (Å²) in [6, 6.07) is 8.49. The summed E-state index contributed by atoms with van der Waals surface area (Å²) in [5.41, 5.74) is 3.50. The molecule has 0 aliphatic rings. The number of rotatable bonds is 6. The van der Waals surface area contributed by atoms with E-state index in [1.807, 2.05) is 13.2 Å². The second-order valence-electron chi connectivity index (χ2n) is 4.21. The molecule has 0 aliphatic carbocycles. The third kappa shape index (κ3) is 3.18. The minimum Gasteiger partial charge on any atom is -0.384 e. The SMILES string of the molecule is CNCc1ncc(-c2ccc(CCOC)cc2)[nH]1. The Balaban J connectivity index is 2.07. The third-order valence-electron chi connectivity index (χ3n) is 2.83. The van der Waals surface area contributed by atoms with Crippen molar-refractivity contribution in [1.29, 1.82) is 0 Å². The van der Waals surface area contributed by atoms with Gasteiger partial charge in [0.1, 0.15) is 5.82 Å². The molecule has 0 fully saturated rings. The summed E-state index contributed by atoms with van der Waals surface area (Å²) in [5.74, 6) is 0.955. The Labute approximate surface area is 107 Å². The first-order valence-corrected chi connectivity index (χ1v) is 6.10. The Bertz CT molecular complexity index is 476. The molecule has 4 nitrogen and oxygen atoms in total. The van der Waals surface area contributed by atoms with Crippen LogP contribution in [0.5, 0.6) is 0 Å². The number of aromatic nitrogens is 2. The first-order valence-electron chi connectivity index (χ1n) is 6.10. The van der Waals surface area contributed by atoms with Crippen LogP contribution in [-0.4, -0.2) is 30.7 Å². The highest BCUT2D eigenvalue weighted by Gasteiger charge is 2.02. The van der Waals surface area contributed by atoms with Crippen LogP contribution in [0.15, 0.2) is 30.5 Å². The molecular weight excluding hydrogens is 226 g/mol. The predicted molar refractivity (Wildman–Crippen MR) is 72.4 cm³/mol. The van der Waals surface area contributed by atoms with E-state index >= 15 is 0 Å². The van der Waals surface area contributed by atoms with Crippen molar-refractivity contribution in [3.05, 3.63) is 41.9 Å². The molecule has 0 aliphatic heterocycles. The third-order valence-corrected chi connectivity index (χ3v) is 2.83. The second-order valence-corrected chi connectivity index (χ2v) is 4.21. The van der Waals surface area contributed by atoms with Gasteiger partial charge in [0, 0.05) is 7.11 Å². The monoisotopic (exact) mass is 245 g/mol. The minimum absolute atomic E-state index is 0.756. The van der Waals surface area contributed by atoms with Crippen molar-refractivity contribution in [3.8, 4) is 11.3 Å². The number of nitrogens with zero attached hydrogens (tertiary/aromatic N) is 1. The highest BCUT2D eigenvalue weighted by Crippen LogP contribution is 2.17. The maximum atomic E-state index is 5.07. The maximum absolute atomic E-state index is 5.07. The molecule has 0 unspecified atom stereocenters. The number of hydrogen-bond donors (Lipinski definition) is 2. The van der Waals surface area contributed by atoms with E-state index in [9.17, 15) is 0 Å². The fourth-order valence-corrected chi connectivity index (χ4v) is 1.84. The van der Waals surface area contributed by atoms with Crippen molar-refractivity contribution in [2.75, 3.05) is 20.8 Å². The van der Waals surface area contributed by atoms with Crippen LogP contribution in [0.4, 0.5) is 0 Å². The molecule has 0 radical (unpaired) electrons. The highest BCUT2D eigenvalue weighted by atomic mass is 16.5. The smallest absolute Gasteiger partial charge is 0.120 e. The molecule has 2 N–H and O–H groups in total. The normalized spacial score (nSPS) is 10.8. The molecule has 0 saturated heterocycles. The van der Waals surface area contributed by atoms with Gasteiger partial charge in [-0.25, -0.2) is 4.98 Å². The molecular formula is C14H19N3O. The fraction of sp³-hybridized carbons (Fsp3) is 0.357. The molecule has 96 valence electrons.